The molecule has 22 heavy (non-hydrogen) atoms. The molecule has 0 radical (unpaired) electrons. The van der Waals surface area contributed by atoms with Crippen molar-refractivity contribution in [2.75, 3.05) is 11.1 Å². The van der Waals surface area contributed by atoms with Crippen LogP contribution in [0.2, 0.25) is 5.02 Å². The number of nitriles is 1. The van der Waals surface area contributed by atoms with Crippen LogP contribution in [0.1, 0.15) is 11.1 Å². The van der Waals surface area contributed by atoms with E-state index in [0.29, 0.717) is 11.3 Å². The maximum atomic E-state index is 13.5. The third kappa shape index (κ3) is 4.76. The highest BCUT2D eigenvalue weighted by atomic mass is 35.5. The Balaban J connectivity index is 1.84. The monoisotopic (exact) mass is 334 g/mol. The zero-order valence-electron chi connectivity index (χ0n) is 11.5. The van der Waals surface area contributed by atoms with E-state index in [9.17, 15) is 9.18 Å². The van der Waals surface area contributed by atoms with Gasteiger partial charge in [-0.05, 0) is 35.9 Å². The first kappa shape index (κ1) is 16.3. The van der Waals surface area contributed by atoms with E-state index in [1.54, 1.807) is 18.2 Å². The summed E-state index contributed by atoms with van der Waals surface area (Å²) in [6.45, 7) is 0. The van der Waals surface area contributed by atoms with Gasteiger partial charge in [-0.15, -0.1) is 11.8 Å². The smallest absolute Gasteiger partial charge is 0.234 e. The number of nitrogens with zero attached hydrogens (tertiary/aromatic N) is 1. The standard InChI is InChI=1S/C16H12ClFN2OS/c17-13-4-5-15(14(18)7-13)20-16(21)10-22-9-12-3-1-2-11(6-12)8-19/h1-7H,9-10H2,(H,20,21). The lowest BCUT2D eigenvalue weighted by atomic mass is 10.2. The first-order chi connectivity index (χ1) is 10.6. The van der Waals surface area contributed by atoms with Gasteiger partial charge in [-0.3, -0.25) is 4.79 Å². The van der Waals surface area contributed by atoms with Crippen molar-refractivity contribution in [1.29, 1.82) is 5.26 Å². The van der Waals surface area contributed by atoms with Gasteiger partial charge in [0.25, 0.3) is 0 Å². The Kier molecular flexibility index (Phi) is 5.82. The van der Waals surface area contributed by atoms with Crippen LogP contribution in [0.15, 0.2) is 42.5 Å². The summed E-state index contributed by atoms with van der Waals surface area (Å²) in [5.41, 5.74) is 1.67. The molecule has 3 nitrogen and oxygen atoms in total. The number of hydrogen-bond donors (Lipinski definition) is 1. The third-order valence-corrected chi connectivity index (χ3v) is 4.00. The fourth-order valence-corrected chi connectivity index (χ4v) is 2.70. The van der Waals surface area contributed by atoms with Crippen molar-refractivity contribution in [1.82, 2.24) is 0 Å². The number of thioether (sulfide) groups is 1. The third-order valence-electron chi connectivity index (χ3n) is 2.76. The topological polar surface area (TPSA) is 52.9 Å². The molecule has 0 atom stereocenters. The maximum absolute atomic E-state index is 13.5. The van der Waals surface area contributed by atoms with Crippen LogP contribution in [0.5, 0.6) is 0 Å². The van der Waals surface area contributed by atoms with Crippen molar-refractivity contribution in [3.63, 3.8) is 0 Å². The summed E-state index contributed by atoms with van der Waals surface area (Å²) in [7, 11) is 0. The number of anilines is 1. The van der Waals surface area contributed by atoms with Crippen LogP contribution in [0.4, 0.5) is 10.1 Å². The fourth-order valence-electron chi connectivity index (χ4n) is 1.77. The Morgan fingerprint density at radius 2 is 2.14 bits per heavy atom. The van der Waals surface area contributed by atoms with E-state index in [0.717, 1.165) is 11.6 Å². The van der Waals surface area contributed by atoms with E-state index in [-0.39, 0.29) is 22.4 Å². The molecule has 0 saturated carbocycles. The number of benzene rings is 2. The van der Waals surface area contributed by atoms with E-state index in [4.69, 9.17) is 16.9 Å². The molecular weight excluding hydrogens is 323 g/mol. The van der Waals surface area contributed by atoms with E-state index in [2.05, 4.69) is 11.4 Å². The van der Waals surface area contributed by atoms with E-state index in [1.807, 2.05) is 6.07 Å². The summed E-state index contributed by atoms with van der Waals surface area (Å²) in [5.74, 6) is -0.0551. The molecule has 0 heterocycles. The van der Waals surface area contributed by atoms with Crippen LogP contribution in [0.3, 0.4) is 0 Å². The van der Waals surface area contributed by atoms with E-state index >= 15 is 0 Å². The lowest BCUT2D eigenvalue weighted by molar-refractivity contribution is -0.113. The SMILES string of the molecule is N#Cc1cccc(CSCC(=O)Nc2ccc(Cl)cc2F)c1. The second-order valence-electron chi connectivity index (χ2n) is 4.48. The first-order valence-corrected chi connectivity index (χ1v) is 7.93. The zero-order valence-corrected chi connectivity index (χ0v) is 13.0. The second-order valence-corrected chi connectivity index (χ2v) is 5.90. The molecule has 0 aliphatic carbocycles. The molecule has 0 aliphatic rings. The molecule has 0 spiro atoms. The van der Waals surface area contributed by atoms with Crippen molar-refractivity contribution in [3.05, 3.63) is 64.4 Å². The van der Waals surface area contributed by atoms with Crippen LogP contribution < -0.4 is 5.32 Å². The minimum absolute atomic E-state index is 0.112. The van der Waals surface area contributed by atoms with Gasteiger partial charge in [-0.2, -0.15) is 5.26 Å². The molecule has 6 heteroatoms. The van der Waals surface area contributed by atoms with Crippen molar-refractivity contribution < 1.29 is 9.18 Å². The van der Waals surface area contributed by atoms with Gasteiger partial charge in [-0.25, -0.2) is 4.39 Å². The van der Waals surface area contributed by atoms with Crippen molar-refractivity contribution >= 4 is 35.0 Å². The minimum Gasteiger partial charge on any atom is -0.323 e. The van der Waals surface area contributed by atoms with Crippen molar-refractivity contribution in [2.24, 2.45) is 0 Å². The molecule has 0 saturated heterocycles. The zero-order chi connectivity index (χ0) is 15.9. The number of carbonyl (C=O) groups is 1. The summed E-state index contributed by atoms with van der Waals surface area (Å²) in [6.07, 6.45) is 0. The van der Waals surface area contributed by atoms with Crippen LogP contribution in [0.25, 0.3) is 0 Å². The Morgan fingerprint density at radius 3 is 2.86 bits per heavy atom. The molecule has 2 aromatic rings. The van der Waals surface area contributed by atoms with Crippen LogP contribution in [-0.4, -0.2) is 11.7 Å². The molecule has 0 aliphatic heterocycles. The molecule has 0 aromatic heterocycles. The van der Waals surface area contributed by atoms with Gasteiger partial charge in [0, 0.05) is 10.8 Å². The average molecular weight is 335 g/mol. The molecule has 0 unspecified atom stereocenters. The van der Waals surface area contributed by atoms with Gasteiger partial charge < -0.3 is 5.32 Å². The molecule has 0 fully saturated rings. The molecule has 112 valence electrons. The number of nitrogens with one attached hydrogen (secondary N) is 1. The van der Waals surface area contributed by atoms with Gasteiger partial charge in [0.05, 0.1) is 23.1 Å². The minimum atomic E-state index is -0.562. The fraction of sp³-hybridized carbons (Fsp3) is 0.125. The largest absolute Gasteiger partial charge is 0.323 e. The van der Waals surface area contributed by atoms with Crippen LogP contribution >= 0.6 is 23.4 Å². The van der Waals surface area contributed by atoms with Gasteiger partial charge in [-0.1, -0.05) is 23.7 Å². The number of hydrogen-bond acceptors (Lipinski definition) is 3. The normalized spacial score (nSPS) is 10.0. The number of carbonyl (C=O) groups excluding carboxylic acids is 1. The molecule has 0 bridgehead atoms. The molecule has 1 N–H and O–H groups in total. The lowest BCUT2D eigenvalue weighted by Crippen LogP contribution is -2.15. The highest BCUT2D eigenvalue weighted by Crippen LogP contribution is 2.19. The quantitative estimate of drug-likeness (QED) is 0.890. The summed E-state index contributed by atoms with van der Waals surface area (Å²) in [6, 6.07) is 13.4. The summed E-state index contributed by atoms with van der Waals surface area (Å²) < 4.78 is 13.5. The number of amides is 1. The van der Waals surface area contributed by atoms with Gasteiger partial charge in [0.2, 0.25) is 5.91 Å². The predicted octanol–water partition coefficient (Wildman–Crippen LogP) is 4.22. The number of halogens is 2. The predicted molar refractivity (Wildman–Crippen MR) is 87.4 cm³/mol. The van der Waals surface area contributed by atoms with Gasteiger partial charge in [0.15, 0.2) is 0 Å². The summed E-state index contributed by atoms with van der Waals surface area (Å²) in [5, 5.41) is 11.6. The Bertz CT molecular complexity index is 730. The lowest BCUT2D eigenvalue weighted by Gasteiger charge is -2.07. The summed E-state index contributed by atoms with van der Waals surface area (Å²) >= 11 is 7.04. The average Bonchev–Trinajstić information content (AvgIpc) is 2.50. The Morgan fingerprint density at radius 1 is 1.32 bits per heavy atom. The Hall–Kier alpha value is -2.03. The van der Waals surface area contributed by atoms with Gasteiger partial charge in [0.1, 0.15) is 5.82 Å². The van der Waals surface area contributed by atoms with Crippen LogP contribution in [0, 0.1) is 17.1 Å². The van der Waals surface area contributed by atoms with Gasteiger partial charge >= 0.3 is 0 Å². The second kappa shape index (κ2) is 7.83. The number of rotatable bonds is 5. The summed E-state index contributed by atoms with van der Waals surface area (Å²) in [4.78, 5) is 11.8. The van der Waals surface area contributed by atoms with E-state index in [1.165, 1.54) is 23.9 Å². The highest BCUT2D eigenvalue weighted by molar-refractivity contribution is 7.99. The molecule has 1 amide bonds. The maximum Gasteiger partial charge on any atom is 0.234 e. The van der Waals surface area contributed by atoms with Crippen LogP contribution in [-0.2, 0) is 10.5 Å². The van der Waals surface area contributed by atoms with Crippen molar-refractivity contribution in [2.45, 2.75) is 5.75 Å². The molecule has 2 aromatic carbocycles. The van der Waals surface area contributed by atoms with Crippen molar-refractivity contribution in [3.8, 4) is 6.07 Å². The first-order valence-electron chi connectivity index (χ1n) is 6.40. The Labute approximate surface area is 137 Å². The molecule has 2 rings (SSSR count). The highest BCUT2D eigenvalue weighted by Gasteiger charge is 2.08. The molecular formula is C16H12ClFN2OS. The van der Waals surface area contributed by atoms with E-state index < -0.39 is 5.82 Å².